The molecule has 0 amide bonds. The lowest BCUT2D eigenvalue weighted by atomic mass is 10.00. The van der Waals surface area contributed by atoms with Crippen LogP contribution < -0.4 is 4.74 Å². The zero-order chi connectivity index (χ0) is 11.6. The third kappa shape index (κ3) is 1.93. The van der Waals surface area contributed by atoms with Gasteiger partial charge in [-0.05, 0) is 31.2 Å². The van der Waals surface area contributed by atoms with E-state index in [0.29, 0.717) is 12.2 Å². The molecule has 0 spiro atoms. The molecule has 3 nitrogen and oxygen atoms in total. The molecular formula is C13H13NO2. The second-order valence-electron chi connectivity index (χ2n) is 4.05. The minimum absolute atomic E-state index is 0.421. The molecule has 1 atom stereocenters. The van der Waals surface area contributed by atoms with E-state index in [1.807, 2.05) is 31.2 Å². The van der Waals surface area contributed by atoms with E-state index in [0.717, 1.165) is 11.3 Å². The van der Waals surface area contributed by atoms with Crippen LogP contribution in [-0.2, 0) is 4.74 Å². The van der Waals surface area contributed by atoms with E-state index in [1.165, 1.54) is 0 Å². The molecule has 0 aliphatic carbocycles. The van der Waals surface area contributed by atoms with Crippen LogP contribution in [0.2, 0.25) is 0 Å². The lowest BCUT2D eigenvalue weighted by Gasteiger charge is -2.30. The fraction of sp³-hybridized carbons (Fsp3) is 0.308. The molecule has 1 aliphatic rings. The molecule has 0 saturated carbocycles. The van der Waals surface area contributed by atoms with E-state index in [-0.39, 0.29) is 0 Å². The Kier molecular flexibility index (Phi) is 2.67. The van der Waals surface area contributed by atoms with Crippen molar-refractivity contribution in [2.75, 3.05) is 13.7 Å². The summed E-state index contributed by atoms with van der Waals surface area (Å²) in [7, 11) is 1.65. The lowest BCUT2D eigenvalue weighted by molar-refractivity contribution is 0.0378. The van der Waals surface area contributed by atoms with Crippen LogP contribution in [0.3, 0.4) is 0 Å². The minimum atomic E-state index is -0.421. The molecule has 0 bridgehead atoms. The first-order valence-corrected chi connectivity index (χ1v) is 5.08. The highest BCUT2D eigenvalue weighted by atomic mass is 16.5. The molecule has 1 aromatic carbocycles. The summed E-state index contributed by atoms with van der Waals surface area (Å²) in [6.07, 6.45) is 3.93. The van der Waals surface area contributed by atoms with Gasteiger partial charge in [-0.15, -0.1) is 0 Å². The van der Waals surface area contributed by atoms with Crippen molar-refractivity contribution in [2.24, 2.45) is 0 Å². The third-order valence-corrected chi connectivity index (χ3v) is 2.53. The Morgan fingerprint density at radius 2 is 2.31 bits per heavy atom. The first-order valence-electron chi connectivity index (χ1n) is 5.08. The smallest absolute Gasteiger partial charge is 0.148 e. The number of methoxy groups -OCH3 is 1. The summed E-state index contributed by atoms with van der Waals surface area (Å²) in [5, 5.41) is 8.79. The zero-order valence-corrected chi connectivity index (χ0v) is 9.36. The highest BCUT2D eigenvalue weighted by Crippen LogP contribution is 2.31. The van der Waals surface area contributed by atoms with E-state index >= 15 is 0 Å². The number of hydrogen-bond donors (Lipinski definition) is 0. The van der Waals surface area contributed by atoms with Crippen LogP contribution in [0.4, 0.5) is 0 Å². The standard InChI is InChI=1S/C13H13NO2/c1-13(9-15-2)6-5-11-7-10(8-14)3-4-12(11)16-13/h3-7H,9H2,1-2H3. The molecule has 2 rings (SSSR count). The van der Waals surface area contributed by atoms with Crippen LogP contribution in [0.1, 0.15) is 18.1 Å². The Morgan fingerprint density at radius 1 is 1.50 bits per heavy atom. The van der Waals surface area contributed by atoms with Gasteiger partial charge in [0.25, 0.3) is 0 Å². The first-order chi connectivity index (χ1) is 7.67. The summed E-state index contributed by atoms with van der Waals surface area (Å²) in [6, 6.07) is 7.51. The van der Waals surface area contributed by atoms with E-state index in [2.05, 4.69) is 6.07 Å². The van der Waals surface area contributed by atoms with Crippen LogP contribution in [0, 0.1) is 11.3 Å². The summed E-state index contributed by atoms with van der Waals surface area (Å²) in [5.74, 6) is 0.793. The molecule has 1 aromatic rings. The largest absolute Gasteiger partial charge is 0.480 e. The van der Waals surface area contributed by atoms with E-state index in [4.69, 9.17) is 14.7 Å². The van der Waals surface area contributed by atoms with E-state index in [1.54, 1.807) is 13.2 Å². The molecule has 3 heteroatoms. The van der Waals surface area contributed by atoms with E-state index in [9.17, 15) is 0 Å². The Hall–Kier alpha value is -1.79. The van der Waals surface area contributed by atoms with Crippen LogP contribution in [0.25, 0.3) is 6.08 Å². The Balaban J connectivity index is 2.33. The molecule has 1 heterocycles. The van der Waals surface area contributed by atoms with Crippen molar-refractivity contribution < 1.29 is 9.47 Å². The number of nitriles is 1. The summed E-state index contributed by atoms with van der Waals surface area (Å²) in [6.45, 7) is 2.47. The average Bonchev–Trinajstić information content (AvgIpc) is 2.28. The van der Waals surface area contributed by atoms with Gasteiger partial charge >= 0.3 is 0 Å². The summed E-state index contributed by atoms with van der Waals surface area (Å²) in [5.41, 5.74) is 1.16. The maximum Gasteiger partial charge on any atom is 0.148 e. The van der Waals surface area contributed by atoms with Crippen LogP contribution in [0.5, 0.6) is 5.75 Å². The van der Waals surface area contributed by atoms with E-state index < -0.39 is 5.60 Å². The Morgan fingerprint density at radius 3 is 3.00 bits per heavy atom. The summed E-state index contributed by atoms with van der Waals surface area (Å²) >= 11 is 0. The van der Waals surface area contributed by atoms with Crippen molar-refractivity contribution in [1.29, 1.82) is 5.26 Å². The molecule has 16 heavy (non-hydrogen) atoms. The maximum atomic E-state index is 8.79. The zero-order valence-electron chi connectivity index (χ0n) is 9.36. The summed E-state index contributed by atoms with van der Waals surface area (Å²) < 4.78 is 11.0. The van der Waals surface area contributed by atoms with Crippen molar-refractivity contribution in [3.05, 3.63) is 35.4 Å². The third-order valence-electron chi connectivity index (χ3n) is 2.53. The second kappa shape index (κ2) is 3.99. The van der Waals surface area contributed by atoms with Gasteiger partial charge in [0.1, 0.15) is 11.4 Å². The van der Waals surface area contributed by atoms with Gasteiger partial charge in [0.15, 0.2) is 0 Å². The second-order valence-corrected chi connectivity index (χ2v) is 4.05. The van der Waals surface area contributed by atoms with Crippen LogP contribution >= 0.6 is 0 Å². The minimum Gasteiger partial charge on any atom is -0.480 e. The van der Waals surface area contributed by atoms with Crippen LogP contribution in [0.15, 0.2) is 24.3 Å². The summed E-state index contributed by atoms with van der Waals surface area (Å²) in [4.78, 5) is 0. The van der Waals surface area contributed by atoms with Gasteiger partial charge in [-0.2, -0.15) is 5.26 Å². The molecule has 0 saturated heterocycles. The van der Waals surface area contributed by atoms with Gasteiger partial charge < -0.3 is 9.47 Å². The van der Waals surface area contributed by atoms with Crippen molar-refractivity contribution in [2.45, 2.75) is 12.5 Å². The molecule has 0 fully saturated rings. The average molecular weight is 215 g/mol. The van der Waals surface area contributed by atoms with Crippen molar-refractivity contribution in [3.63, 3.8) is 0 Å². The number of hydrogen-bond acceptors (Lipinski definition) is 3. The van der Waals surface area contributed by atoms with Crippen molar-refractivity contribution in [3.8, 4) is 11.8 Å². The van der Waals surface area contributed by atoms with Crippen molar-refractivity contribution in [1.82, 2.24) is 0 Å². The first kappa shape index (κ1) is 10.7. The molecule has 1 aliphatic heterocycles. The Labute approximate surface area is 94.9 Å². The molecular weight excluding hydrogens is 202 g/mol. The normalized spacial score (nSPS) is 22.1. The van der Waals surface area contributed by atoms with Gasteiger partial charge in [-0.1, -0.05) is 6.08 Å². The predicted octanol–water partition coefficient (Wildman–Crippen LogP) is 2.37. The predicted molar refractivity (Wildman–Crippen MR) is 61.1 cm³/mol. The molecule has 82 valence electrons. The highest BCUT2D eigenvalue weighted by Gasteiger charge is 2.27. The molecule has 0 radical (unpaired) electrons. The van der Waals surface area contributed by atoms with Crippen LogP contribution in [-0.4, -0.2) is 19.3 Å². The topological polar surface area (TPSA) is 42.2 Å². The van der Waals surface area contributed by atoms with Gasteiger partial charge in [0.05, 0.1) is 18.2 Å². The molecule has 0 N–H and O–H groups in total. The maximum absolute atomic E-state index is 8.79. The number of benzene rings is 1. The highest BCUT2D eigenvalue weighted by molar-refractivity contribution is 5.63. The number of rotatable bonds is 2. The van der Waals surface area contributed by atoms with Gasteiger partial charge in [-0.3, -0.25) is 0 Å². The lowest BCUT2D eigenvalue weighted by Crippen LogP contribution is -2.36. The monoisotopic (exact) mass is 215 g/mol. The van der Waals surface area contributed by atoms with Gasteiger partial charge in [0.2, 0.25) is 0 Å². The number of nitrogens with zero attached hydrogens (tertiary/aromatic N) is 1. The number of fused-ring (bicyclic) bond motifs is 1. The fourth-order valence-corrected chi connectivity index (χ4v) is 1.76. The molecule has 1 unspecified atom stereocenters. The Bertz CT molecular complexity index is 473. The van der Waals surface area contributed by atoms with Gasteiger partial charge in [0, 0.05) is 12.7 Å². The quantitative estimate of drug-likeness (QED) is 0.760. The van der Waals surface area contributed by atoms with Gasteiger partial charge in [-0.25, -0.2) is 0 Å². The SMILES string of the molecule is COCC1(C)C=Cc2cc(C#N)ccc2O1. The van der Waals surface area contributed by atoms with Crippen molar-refractivity contribution >= 4 is 6.08 Å². The molecule has 0 aromatic heterocycles. The number of ether oxygens (including phenoxy) is 2. The fourth-order valence-electron chi connectivity index (χ4n) is 1.76.